The first-order valence-electron chi connectivity index (χ1n) is 6.95. The van der Waals surface area contributed by atoms with Crippen LogP contribution >= 0.6 is 0 Å². The molecule has 2 fully saturated rings. The second-order valence-electron chi connectivity index (χ2n) is 5.60. The summed E-state index contributed by atoms with van der Waals surface area (Å²) < 4.78 is 12.8. The summed E-state index contributed by atoms with van der Waals surface area (Å²) in [7, 11) is 0. The van der Waals surface area contributed by atoms with Crippen molar-refractivity contribution in [1.82, 2.24) is 10.2 Å². The van der Waals surface area contributed by atoms with Crippen LogP contribution < -0.4 is 5.32 Å². The van der Waals surface area contributed by atoms with E-state index in [-0.39, 0.29) is 11.7 Å². The number of halogens is 1. The molecule has 0 radical (unpaired) electrons. The summed E-state index contributed by atoms with van der Waals surface area (Å²) in [5.74, 6) is 1.30. The fraction of sp³-hybridized carbons (Fsp3) is 0.533. The Morgan fingerprint density at radius 2 is 1.84 bits per heavy atom. The molecule has 2 aliphatic heterocycles. The second kappa shape index (κ2) is 5.29. The molecular formula is C15H19FN2O. The molecule has 1 aromatic carbocycles. The molecule has 0 saturated carbocycles. The number of amides is 1. The Bertz CT molecular complexity index is 448. The maximum atomic E-state index is 12.8. The molecule has 3 rings (SSSR count). The molecule has 2 aliphatic rings. The van der Waals surface area contributed by atoms with Crippen LogP contribution in [0.1, 0.15) is 12.0 Å². The highest BCUT2D eigenvalue weighted by Crippen LogP contribution is 2.26. The van der Waals surface area contributed by atoms with Gasteiger partial charge in [-0.1, -0.05) is 12.1 Å². The van der Waals surface area contributed by atoms with Crippen molar-refractivity contribution in [2.75, 3.05) is 26.2 Å². The molecule has 0 spiro atoms. The van der Waals surface area contributed by atoms with E-state index in [1.54, 1.807) is 12.1 Å². The quantitative estimate of drug-likeness (QED) is 0.894. The molecule has 1 amide bonds. The van der Waals surface area contributed by atoms with E-state index in [1.165, 1.54) is 12.1 Å². The van der Waals surface area contributed by atoms with Gasteiger partial charge in [0.05, 0.1) is 0 Å². The molecule has 2 saturated heterocycles. The first-order valence-corrected chi connectivity index (χ1v) is 6.95. The first-order chi connectivity index (χ1) is 9.22. The van der Waals surface area contributed by atoms with E-state index >= 15 is 0 Å². The summed E-state index contributed by atoms with van der Waals surface area (Å²) in [6.07, 6.45) is 1.22. The molecule has 0 aliphatic carbocycles. The van der Waals surface area contributed by atoms with Gasteiger partial charge in [-0.25, -0.2) is 4.39 Å². The van der Waals surface area contributed by atoms with E-state index in [1.807, 2.05) is 4.90 Å². The normalized spacial score (nSPS) is 25.6. The predicted molar refractivity (Wildman–Crippen MR) is 71.2 cm³/mol. The highest BCUT2D eigenvalue weighted by atomic mass is 19.1. The van der Waals surface area contributed by atoms with Crippen LogP contribution in [-0.4, -0.2) is 37.0 Å². The van der Waals surface area contributed by atoms with E-state index in [0.717, 1.165) is 31.7 Å². The number of hydrogen-bond acceptors (Lipinski definition) is 2. The lowest BCUT2D eigenvalue weighted by molar-refractivity contribution is -0.130. The molecule has 4 heteroatoms. The zero-order valence-corrected chi connectivity index (χ0v) is 10.9. The van der Waals surface area contributed by atoms with Crippen molar-refractivity contribution in [3.8, 4) is 0 Å². The average molecular weight is 262 g/mol. The van der Waals surface area contributed by atoms with E-state index in [0.29, 0.717) is 24.7 Å². The minimum Gasteiger partial charge on any atom is -0.342 e. The minimum atomic E-state index is -0.227. The Morgan fingerprint density at radius 1 is 1.21 bits per heavy atom. The molecule has 0 bridgehead atoms. The van der Waals surface area contributed by atoms with Crippen LogP contribution in [0.25, 0.3) is 0 Å². The summed E-state index contributed by atoms with van der Waals surface area (Å²) in [5.41, 5.74) is 1.02. The van der Waals surface area contributed by atoms with Gasteiger partial charge in [0, 0.05) is 32.6 Å². The highest BCUT2D eigenvalue weighted by Gasteiger charge is 2.37. The number of hydrogen-bond donors (Lipinski definition) is 1. The van der Waals surface area contributed by atoms with Gasteiger partial charge in [0.2, 0.25) is 5.91 Å². The smallest absolute Gasteiger partial charge is 0.222 e. The standard InChI is InChI=1S/C15H19FN2O/c16-14-4-1-11(2-5-14)3-6-15(19)18-9-12-7-17-8-13(12)10-18/h1-2,4-5,12-13,17H,3,6-10H2/t12-,13+. The van der Waals surface area contributed by atoms with Crippen molar-refractivity contribution in [3.63, 3.8) is 0 Å². The van der Waals surface area contributed by atoms with Crippen molar-refractivity contribution in [2.24, 2.45) is 11.8 Å². The van der Waals surface area contributed by atoms with Crippen molar-refractivity contribution >= 4 is 5.91 Å². The van der Waals surface area contributed by atoms with Gasteiger partial charge < -0.3 is 10.2 Å². The molecule has 19 heavy (non-hydrogen) atoms. The molecule has 1 aromatic rings. The van der Waals surface area contributed by atoms with Crippen LogP contribution in [0, 0.1) is 17.7 Å². The summed E-state index contributed by atoms with van der Waals surface area (Å²) in [5, 5.41) is 3.37. The third-order valence-electron chi connectivity index (χ3n) is 4.28. The van der Waals surface area contributed by atoms with Crippen molar-refractivity contribution in [2.45, 2.75) is 12.8 Å². The number of nitrogens with zero attached hydrogens (tertiary/aromatic N) is 1. The van der Waals surface area contributed by atoms with Gasteiger partial charge in [-0.3, -0.25) is 4.79 Å². The van der Waals surface area contributed by atoms with Crippen LogP contribution in [-0.2, 0) is 11.2 Å². The van der Waals surface area contributed by atoms with Crippen LogP contribution in [0.15, 0.2) is 24.3 Å². The Hall–Kier alpha value is -1.42. The Balaban J connectivity index is 1.50. The van der Waals surface area contributed by atoms with E-state index in [2.05, 4.69) is 5.32 Å². The number of carbonyl (C=O) groups is 1. The first kappa shape index (κ1) is 12.6. The lowest BCUT2D eigenvalue weighted by atomic mass is 10.0. The van der Waals surface area contributed by atoms with Crippen molar-refractivity contribution in [1.29, 1.82) is 0 Å². The number of nitrogens with one attached hydrogen (secondary N) is 1. The maximum Gasteiger partial charge on any atom is 0.222 e. The zero-order valence-electron chi connectivity index (χ0n) is 10.9. The van der Waals surface area contributed by atoms with Crippen LogP contribution in [0.4, 0.5) is 4.39 Å². The van der Waals surface area contributed by atoms with Crippen LogP contribution in [0.5, 0.6) is 0 Å². The van der Waals surface area contributed by atoms with Gasteiger partial charge in [0.15, 0.2) is 0 Å². The molecular weight excluding hydrogens is 243 g/mol. The molecule has 102 valence electrons. The molecule has 2 atom stereocenters. The van der Waals surface area contributed by atoms with Crippen molar-refractivity contribution in [3.05, 3.63) is 35.6 Å². The van der Waals surface area contributed by atoms with E-state index in [9.17, 15) is 9.18 Å². The van der Waals surface area contributed by atoms with E-state index in [4.69, 9.17) is 0 Å². The number of rotatable bonds is 3. The third kappa shape index (κ3) is 2.78. The van der Waals surface area contributed by atoms with E-state index < -0.39 is 0 Å². The predicted octanol–water partition coefficient (Wildman–Crippen LogP) is 1.44. The van der Waals surface area contributed by atoms with Gasteiger partial charge in [0.1, 0.15) is 5.82 Å². The second-order valence-corrected chi connectivity index (χ2v) is 5.60. The molecule has 1 N–H and O–H groups in total. The minimum absolute atomic E-state index is 0.227. The monoisotopic (exact) mass is 262 g/mol. The lowest BCUT2D eigenvalue weighted by Gasteiger charge is -2.17. The lowest BCUT2D eigenvalue weighted by Crippen LogP contribution is -2.31. The van der Waals surface area contributed by atoms with Crippen LogP contribution in [0.2, 0.25) is 0 Å². The largest absolute Gasteiger partial charge is 0.342 e. The summed E-state index contributed by atoms with van der Waals surface area (Å²) >= 11 is 0. The Morgan fingerprint density at radius 3 is 2.47 bits per heavy atom. The summed E-state index contributed by atoms with van der Waals surface area (Å²) in [6, 6.07) is 6.41. The van der Waals surface area contributed by atoms with Gasteiger partial charge in [-0.05, 0) is 36.0 Å². The highest BCUT2D eigenvalue weighted by molar-refractivity contribution is 5.76. The maximum absolute atomic E-state index is 12.8. The number of benzene rings is 1. The van der Waals surface area contributed by atoms with Gasteiger partial charge in [0.25, 0.3) is 0 Å². The molecule has 2 heterocycles. The number of carbonyl (C=O) groups excluding carboxylic acids is 1. The third-order valence-corrected chi connectivity index (χ3v) is 4.28. The Kier molecular flexibility index (Phi) is 3.51. The molecule has 3 nitrogen and oxygen atoms in total. The Labute approximate surface area is 112 Å². The topological polar surface area (TPSA) is 32.3 Å². The van der Waals surface area contributed by atoms with Gasteiger partial charge in [-0.2, -0.15) is 0 Å². The van der Waals surface area contributed by atoms with Crippen molar-refractivity contribution < 1.29 is 9.18 Å². The number of fused-ring (bicyclic) bond motifs is 1. The fourth-order valence-electron chi connectivity index (χ4n) is 3.12. The molecule has 0 aromatic heterocycles. The zero-order chi connectivity index (χ0) is 13.2. The number of aryl methyl sites for hydroxylation is 1. The van der Waals surface area contributed by atoms with Gasteiger partial charge in [-0.15, -0.1) is 0 Å². The van der Waals surface area contributed by atoms with Crippen LogP contribution in [0.3, 0.4) is 0 Å². The fourth-order valence-corrected chi connectivity index (χ4v) is 3.12. The summed E-state index contributed by atoms with van der Waals surface area (Å²) in [4.78, 5) is 14.1. The summed E-state index contributed by atoms with van der Waals surface area (Å²) in [6.45, 7) is 3.90. The number of likely N-dealkylation sites (tertiary alicyclic amines) is 1. The van der Waals surface area contributed by atoms with Gasteiger partial charge >= 0.3 is 0 Å². The molecule has 0 unspecified atom stereocenters. The SMILES string of the molecule is O=C(CCc1ccc(F)cc1)N1C[C@H]2CNC[C@H]2C1. The average Bonchev–Trinajstić information content (AvgIpc) is 2.98.